The van der Waals surface area contributed by atoms with E-state index in [1.807, 2.05) is 56.3 Å². The van der Waals surface area contributed by atoms with Gasteiger partial charge < -0.3 is 9.84 Å². The predicted molar refractivity (Wildman–Crippen MR) is 92.0 cm³/mol. The van der Waals surface area contributed by atoms with Crippen LogP contribution in [-0.2, 0) is 0 Å². The second-order valence-electron chi connectivity index (χ2n) is 5.66. The van der Waals surface area contributed by atoms with Crippen LogP contribution in [-0.4, -0.2) is 28.0 Å². The molecule has 0 bridgehead atoms. The van der Waals surface area contributed by atoms with Crippen LogP contribution < -0.4 is 4.74 Å². The highest BCUT2D eigenvalue weighted by Crippen LogP contribution is 2.28. The van der Waals surface area contributed by atoms with Crippen molar-refractivity contribution in [1.82, 2.24) is 9.78 Å². The summed E-state index contributed by atoms with van der Waals surface area (Å²) in [6.07, 6.45) is 0. The summed E-state index contributed by atoms with van der Waals surface area (Å²) >= 11 is 0. The van der Waals surface area contributed by atoms with Gasteiger partial charge in [0.2, 0.25) is 0 Å². The number of carbonyl (C=O) groups is 1. The van der Waals surface area contributed by atoms with Crippen molar-refractivity contribution < 1.29 is 14.6 Å². The lowest BCUT2D eigenvalue weighted by atomic mass is 10.1. The third-order valence-electron chi connectivity index (χ3n) is 3.87. The van der Waals surface area contributed by atoms with E-state index in [4.69, 9.17) is 4.74 Å². The fourth-order valence-electron chi connectivity index (χ4n) is 2.69. The first kappa shape index (κ1) is 15.8. The average molecular weight is 322 g/mol. The van der Waals surface area contributed by atoms with E-state index >= 15 is 0 Å². The van der Waals surface area contributed by atoms with Crippen LogP contribution >= 0.6 is 0 Å². The minimum atomic E-state index is -1.05. The Morgan fingerprint density at radius 3 is 2.54 bits per heavy atom. The standard InChI is InChI=1S/C19H18N2O3/c1-12-5-4-6-15(9-12)21-17(11-16(20-21)19(22)23)14-7-8-18(24-3)13(2)10-14/h4-11H,1-3H3,(H,22,23). The SMILES string of the molecule is COc1ccc(-c2cc(C(=O)O)nn2-c2cccc(C)c2)cc1C. The van der Waals surface area contributed by atoms with Crippen LogP contribution in [0.5, 0.6) is 5.75 Å². The Balaban J connectivity index is 2.19. The molecule has 0 radical (unpaired) electrons. The number of methoxy groups -OCH3 is 1. The third-order valence-corrected chi connectivity index (χ3v) is 3.87. The van der Waals surface area contributed by atoms with E-state index in [1.165, 1.54) is 0 Å². The van der Waals surface area contributed by atoms with Crippen molar-refractivity contribution in [3.63, 3.8) is 0 Å². The van der Waals surface area contributed by atoms with Gasteiger partial charge in [0.25, 0.3) is 0 Å². The van der Waals surface area contributed by atoms with E-state index in [2.05, 4.69) is 5.10 Å². The molecule has 0 aliphatic heterocycles. The topological polar surface area (TPSA) is 64.3 Å². The van der Waals surface area contributed by atoms with E-state index < -0.39 is 5.97 Å². The summed E-state index contributed by atoms with van der Waals surface area (Å²) in [5, 5.41) is 13.6. The van der Waals surface area contributed by atoms with Crippen LogP contribution in [0.2, 0.25) is 0 Å². The van der Waals surface area contributed by atoms with Crippen molar-refractivity contribution in [3.8, 4) is 22.7 Å². The number of hydrogen-bond acceptors (Lipinski definition) is 3. The molecular formula is C19H18N2O3. The van der Waals surface area contributed by atoms with Crippen LogP contribution in [0.1, 0.15) is 21.6 Å². The number of aromatic carboxylic acids is 1. The first-order valence-corrected chi connectivity index (χ1v) is 7.55. The molecule has 2 aromatic carbocycles. The van der Waals surface area contributed by atoms with Gasteiger partial charge >= 0.3 is 5.97 Å². The molecule has 0 fully saturated rings. The Labute approximate surface area is 140 Å². The lowest BCUT2D eigenvalue weighted by Gasteiger charge is -2.10. The molecule has 5 nitrogen and oxygen atoms in total. The van der Waals surface area contributed by atoms with Gasteiger partial charge in [-0.1, -0.05) is 12.1 Å². The van der Waals surface area contributed by atoms with E-state index in [1.54, 1.807) is 17.9 Å². The van der Waals surface area contributed by atoms with Gasteiger partial charge in [0.15, 0.2) is 5.69 Å². The molecule has 3 rings (SSSR count). The van der Waals surface area contributed by atoms with E-state index in [-0.39, 0.29) is 5.69 Å². The maximum atomic E-state index is 11.4. The summed E-state index contributed by atoms with van der Waals surface area (Å²) < 4.78 is 6.96. The Bertz CT molecular complexity index is 913. The maximum Gasteiger partial charge on any atom is 0.356 e. The largest absolute Gasteiger partial charge is 0.496 e. The van der Waals surface area contributed by atoms with E-state index in [9.17, 15) is 9.90 Å². The molecule has 0 aliphatic rings. The van der Waals surface area contributed by atoms with Crippen LogP contribution in [0.3, 0.4) is 0 Å². The number of benzene rings is 2. The highest BCUT2D eigenvalue weighted by molar-refractivity contribution is 5.87. The molecule has 0 amide bonds. The number of carboxylic acid groups (broad SMARTS) is 1. The summed E-state index contributed by atoms with van der Waals surface area (Å²) in [5.41, 5.74) is 4.50. The Hall–Kier alpha value is -3.08. The van der Waals surface area contributed by atoms with Gasteiger partial charge in [0.1, 0.15) is 5.75 Å². The zero-order chi connectivity index (χ0) is 17.3. The summed E-state index contributed by atoms with van der Waals surface area (Å²) in [5.74, 6) is -0.258. The van der Waals surface area contributed by atoms with Crippen LogP contribution in [0.25, 0.3) is 16.9 Å². The Kier molecular flexibility index (Phi) is 4.08. The van der Waals surface area contributed by atoms with Crippen molar-refractivity contribution in [2.75, 3.05) is 7.11 Å². The molecule has 0 saturated carbocycles. The number of carboxylic acids is 1. The molecule has 0 spiro atoms. The zero-order valence-corrected chi connectivity index (χ0v) is 13.8. The molecule has 3 aromatic rings. The highest BCUT2D eigenvalue weighted by atomic mass is 16.5. The van der Waals surface area contributed by atoms with Gasteiger partial charge in [-0.2, -0.15) is 5.10 Å². The van der Waals surface area contributed by atoms with Crippen molar-refractivity contribution in [1.29, 1.82) is 0 Å². The molecule has 1 N–H and O–H groups in total. The quantitative estimate of drug-likeness (QED) is 0.792. The molecule has 1 heterocycles. The van der Waals surface area contributed by atoms with E-state index in [0.717, 1.165) is 33.8 Å². The van der Waals surface area contributed by atoms with Crippen LogP contribution in [0, 0.1) is 13.8 Å². The first-order valence-electron chi connectivity index (χ1n) is 7.55. The molecular weight excluding hydrogens is 304 g/mol. The summed E-state index contributed by atoms with van der Waals surface area (Å²) in [7, 11) is 1.63. The fourth-order valence-corrected chi connectivity index (χ4v) is 2.69. The van der Waals surface area contributed by atoms with Gasteiger partial charge in [-0.3, -0.25) is 0 Å². The summed E-state index contributed by atoms with van der Waals surface area (Å²) in [6, 6.07) is 15.1. The van der Waals surface area contributed by atoms with Crippen molar-refractivity contribution in [2.24, 2.45) is 0 Å². The van der Waals surface area contributed by atoms with Gasteiger partial charge in [-0.05, 0) is 61.4 Å². The monoisotopic (exact) mass is 322 g/mol. The van der Waals surface area contributed by atoms with Gasteiger partial charge in [0.05, 0.1) is 18.5 Å². The molecule has 0 aliphatic carbocycles. The molecule has 24 heavy (non-hydrogen) atoms. The number of nitrogens with zero attached hydrogens (tertiary/aromatic N) is 2. The minimum Gasteiger partial charge on any atom is -0.496 e. The Morgan fingerprint density at radius 1 is 1.12 bits per heavy atom. The van der Waals surface area contributed by atoms with Crippen molar-refractivity contribution >= 4 is 5.97 Å². The van der Waals surface area contributed by atoms with Gasteiger partial charge in [0, 0.05) is 5.56 Å². The Morgan fingerprint density at radius 2 is 1.92 bits per heavy atom. The van der Waals surface area contributed by atoms with Crippen LogP contribution in [0.4, 0.5) is 0 Å². The molecule has 0 saturated heterocycles. The number of aryl methyl sites for hydroxylation is 2. The van der Waals surface area contributed by atoms with Crippen LogP contribution in [0.15, 0.2) is 48.5 Å². The lowest BCUT2D eigenvalue weighted by molar-refractivity contribution is 0.0690. The highest BCUT2D eigenvalue weighted by Gasteiger charge is 2.16. The normalized spacial score (nSPS) is 10.6. The summed E-state index contributed by atoms with van der Waals surface area (Å²) in [6.45, 7) is 3.94. The summed E-state index contributed by atoms with van der Waals surface area (Å²) in [4.78, 5) is 11.4. The van der Waals surface area contributed by atoms with Crippen molar-refractivity contribution in [2.45, 2.75) is 13.8 Å². The lowest BCUT2D eigenvalue weighted by Crippen LogP contribution is -2.02. The second-order valence-corrected chi connectivity index (χ2v) is 5.66. The molecule has 0 atom stereocenters. The molecule has 0 unspecified atom stereocenters. The second kappa shape index (κ2) is 6.20. The third kappa shape index (κ3) is 2.88. The van der Waals surface area contributed by atoms with Gasteiger partial charge in [-0.15, -0.1) is 0 Å². The minimum absolute atomic E-state index is 0.0139. The smallest absolute Gasteiger partial charge is 0.356 e. The number of rotatable bonds is 4. The number of aromatic nitrogens is 2. The molecule has 1 aromatic heterocycles. The zero-order valence-electron chi connectivity index (χ0n) is 13.8. The van der Waals surface area contributed by atoms with Gasteiger partial charge in [-0.25, -0.2) is 9.48 Å². The molecule has 122 valence electrons. The first-order chi connectivity index (χ1) is 11.5. The number of ether oxygens (including phenoxy) is 1. The van der Waals surface area contributed by atoms with E-state index in [0.29, 0.717) is 0 Å². The average Bonchev–Trinajstić information content (AvgIpc) is 3.00. The predicted octanol–water partition coefficient (Wildman–Crippen LogP) is 3.86. The number of hydrogen-bond donors (Lipinski definition) is 1. The fraction of sp³-hybridized carbons (Fsp3) is 0.158. The molecule has 5 heteroatoms. The maximum absolute atomic E-state index is 11.4. The van der Waals surface area contributed by atoms with Crippen molar-refractivity contribution in [3.05, 3.63) is 65.4 Å².